The highest BCUT2D eigenvalue weighted by atomic mass is 31.2. The van der Waals surface area contributed by atoms with Crippen LogP contribution in [-0.2, 0) is 55.8 Å². The van der Waals surface area contributed by atoms with Crippen molar-refractivity contribution in [3.8, 4) is 0 Å². The summed E-state index contributed by atoms with van der Waals surface area (Å²) in [5.41, 5.74) is 0. The number of unbranched alkanes of at least 4 members (excludes halogenated alkanes) is 31. The predicted octanol–water partition coefficient (Wildman–Crippen LogP) is 25.8. The van der Waals surface area contributed by atoms with Crippen LogP contribution < -0.4 is 0 Å². The molecule has 624 valence electrons. The predicted molar refractivity (Wildman–Crippen MR) is 454 cm³/mol. The normalized spacial score (nSPS) is 14.7. The summed E-state index contributed by atoms with van der Waals surface area (Å²) in [5.74, 6) is -1.63. The van der Waals surface area contributed by atoms with E-state index in [4.69, 9.17) is 32.3 Å². The van der Waals surface area contributed by atoms with E-state index in [1.165, 1.54) is 128 Å². The summed E-state index contributed by atoms with van der Waals surface area (Å²) in [5, 5.41) is 20.7. The summed E-state index contributed by atoms with van der Waals surface area (Å²) in [7, 11) is -9.82. The molecule has 0 aliphatic rings. The Hall–Kier alpha value is -4.83. The van der Waals surface area contributed by atoms with Gasteiger partial charge in [0.1, 0.15) is 25.4 Å². The first kappa shape index (κ1) is 104. The van der Waals surface area contributed by atoms with Crippen molar-refractivity contribution < 1.29 is 75.8 Å². The largest absolute Gasteiger partial charge is 0.472 e. The SMILES string of the molecule is CC/C=C\C/C=C\C/C=C\C/C=C\C/C=C\CCCCCC(=O)OC(COC(=O)CCCCCCCCC/C=C\C/C=C\C/C=C\C/C=C\CCCCC)COP(=O)(O)OCC(O)COP(=O)(O)OCC(O)COC(=O)CCCCCCCCCCCCCCCCC/C=C\C/C=C\C/C=C\C/C=C\CCCCC. The van der Waals surface area contributed by atoms with E-state index in [1.807, 2.05) is 0 Å². The number of aliphatic hydroxyl groups excluding tert-OH is 2. The van der Waals surface area contributed by atoms with Crippen molar-refractivity contribution >= 4 is 33.6 Å². The Morgan fingerprint density at radius 2 is 0.486 bits per heavy atom. The standard InChI is InChI=1S/C91H154O16P2/c1-4-7-10-13-16-19-22-25-28-31-34-36-38-39-40-41-42-43-44-45-47-49-51-53-56-59-62-65-68-71-74-77-89(94)101-80-86(92)81-103-108(97,98)104-82-87(93)83-105-109(99,100)106-85-88(107-91(96)79-76-73-70-67-64-61-58-55-50-33-30-27-24-21-18-15-12-9-6-3)84-102-90(95)78-75-72-69-66-63-60-57-54-52-48-46-37-35-32-29-26-23-20-17-14-11-8-5-2/h9,12,16-21,25-30,34-37,39-40,48,50,52,55,61,64,86-88,92-93H,4-8,10-11,13-15,22-24,31-33,38,41-47,49,51,53-54,56-60,62-63,65-85H2,1-3H3,(H,97,98)(H,99,100)/b12-9-,19-16-,20-17-,21-18-,28-25-,29-26-,30-27-,36-34-,37-35-,40-39-,52-48-,55-50-,64-61-. The molecule has 0 saturated carbocycles. The number of hydrogen-bond donors (Lipinski definition) is 4. The Bertz CT molecular complexity index is 2610. The van der Waals surface area contributed by atoms with Gasteiger partial charge in [-0.3, -0.25) is 32.5 Å². The minimum atomic E-state index is -4.95. The molecule has 0 bridgehead atoms. The lowest BCUT2D eigenvalue weighted by atomic mass is 10.0. The molecule has 0 aromatic rings. The topological polar surface area (TPSA) is 231 Å². The summed E-state index contributed by atoms with van der Waals surface area (Å²) in [6.45, 7) is 2.48. The average Bonchev–Trinajstić information content (AvgIpc) is 0.903. The van der Waals surface area contributed by atoms with E-state index in [9.17, 15) is 43.5 Å². The van der Waals surface area contributed by atoms with Crippen LogP contribution in [0.3, 0.4) is 0 Å². The number of esters is 3. The van der Waals surface area contributed by atoms with E-state index < -0.39 is 91.5 Å². The maximum Gasteiger partial charge on any atom is 0.472 e. The van der Waals surface area contributed by atoms with Gasteiger partial charge in [-0.05, 0) is 154 Å². The molecule has 0 rings (SSSR count). The fourth-order valence-electron chi connectivity index (χ4n) is 11.2. The van der Waals surface area contributed by atoms with Gasteiger partial charge in [0.2, 0.25) is 0 Å². The highest BCUT2D eigenvalue weighted by molar-refractivity contribution is 7.47. The molecule has 5 atom stereocenters. The molecular formula is C91H154O16P2. The van der Waals surface area contributed by atoms with Gasteiger partial charge in [-0.1, -0.05) is 326 Å². The van der Waals surface area contributed by atoms with Crippen LogP contribution in [0.15, 0.2) is 158 Å². The first-order valence-electron chi connectivity index (χ1n) is 42.8. The molecule has 16 nitrogen and oxygen atoms in total. The van der Waals surface area contributed by atoms with E-state index in [0.717, 1.165) is 154 Å². The lowest BCUT2D eigenvalue weighted by Gasteiger charge is -2.21. The molecule has 109 heavy (non-hydrogen) atoms. The fraction of sp³-hybridized carbons (Fsp3) is 0.681. The molecular weight excluding hydrogens is 1410 g/mol. The summed E-state index contributed by atoms with van der Waals surface area (Å²) < 4.78 is 61.3. The van der Waals surface area contributed by atoms with Crippen molar-refractivity contribution in [3.05, 3.63) is 158 Å². The van der Waals surface area contributed by atoms with Crippen molar-refractivity contribution in [1.29, 1.82) is 0 Å². The van der Waals surface area contributed by atoms with Crippen molar-refractivity contribution in [2.75, 3.05) is 39.6 Å². The van der Waals surface area contributed by atoms with Gasteiger partial charge < -0.3 is 34.2 Å². The van der Waals surface area contributed by atoms with Gasteiger partial charge in [0.15, 0.2) is 6.10 Å². The number of aliphatic hydroxyl groups is 2. The zero-order valence-electron chi connectivity index (χ0n) is 68.4. The highest BCUT2D eigenvalue weighted by Gasteiger charge is 2.29. The number of carbonyl (C=O) groups excluding carboxylic acids is 3. The molecule has 0 aromatic heterocycles. The maximum atomic E-state index is 13.0. The van der Waals surface area contributed by atoms with Crippen LogP contribution in [0, 0.1) is 0 Å². The van der Waals surface area contributed by atoms with E-state index in [2.05, 4.69) is 179 Å². The highest BCUT2D eigenvalue weighted by Crippen LogP contribution is 2.45. The van der Waals surface area contributed by atoms with Crippen molar-refractivity contribution in [1.82, 2.24) is 0 Å². The molecule has 0 saturated heterocycles. The Labute approximate surface area is 663 Å². The zero-order chi connectivity index (χ0) is 79.4. The zero-order valence-corrected chi connectivity index (χ0v) is 70.2. The average molecular weight is 1570 g/mol. The van der Waals surface area contributed by atoms with E-state index in [0.29, 0.717) is 19.3 Å². The molecule has 18 heteroatoms. The summed E-state index contributed by atoms with van der Waals surface area (Å²) in [6.07, 6.45) is 104. The number of ether oxygens (including phenoxy) is 3. The van der Waals surface area contributed by atoms with Crippen LogP contribution >= 0.6 is 15.6 Å². The fourth-order valence-corrected chi connectivity index (χ4v) is 12.8. The molecule has 0 aliphatic heterocycles. The van der Waals surface area contributed by atoms with Crippen molar-refractivity contribution in [3.63, 3.8) is 0 Å². The second-order valence-electron chi connectivity index (χ2n) is 28.2. The first-order chi connectivity index (χ1) is 53.2. The van der Waals surface area contributed by atoms with Crippen LogP contribution in [0.4, 0.5) is 0 Å². The third-order valence-corrected chi connectivity index (χ3v) is 19.6. The van der Waals surface area contributed by atoms with Crippen LogP contribution in [0.1, 0.15) is 342 Å². The smallest absolute Gasteiger partial charge is 0.463 e. The van der Waals surface area contributed by atoms with Gasteiger partial charge in [0, 0.05) is 19.3 Å². The number of phosphoric ester groups is 2. The Morgan fingerprint density at radius 1 is 0.266 bits per heavy atom. The van der Waals surface area contributed by atoms with Gasteiger partial charge in [-0.15, -0.1) is 0 Å². The molecule has 0 radical (unpaired) electrons. The van der Waals surface area contributed by atoms with Gasteiger partial charge in [-0.2, -0.15) is 0 Å². The summed E-state index contributed by atoms with van der Waals surface area (Å²) in [4.78, 5) is 58.8. The number of allylic oxidation sites excluding steroid dienone is 26. The number of phosphoric acid groups is 2. The number of carbonyl (C=O) groups is 3. The van der Waals surface area contributed by atoms with Crippen LogP contribution in [0.25, 0.3) is 0 Å². The lowest BCUT2D eigenvalue weighted by Crippen LogP contribution is -2.30. The molecule has 0 amide bonds. The van der Waals surface area contributed by atoms with Gasteiger partial charge in [0.25, 0.3) is 0 Å². The summed E-state index contributed by atoms with van der Waals surface area (Å²) in [6, 6.07) is 0. The van der Waals surface area contributed by atoms with Gasteiger partial charge in [-0.25, -0.2) is 9.13 Å². The minimum absolute atomic E-state index is 0.0580. The Kier molecular flexibility index (Phi) is 79.0. The molecule has 0 aromatic carbocycles. The lowest BCUT2D eigenvalue weighted by molar-refractivity contribution is -0.161. The van der Waals surface area contributed by atoms with Crippen molar-refractivity contribution in [2.45, 2.75) is 360 Å². The maximum absolute atomic E-state index is 13.0. The van der Waals surface area contributed by atoms with Crippen LogP contribution in [0.5, 0.6) is 0 Å². The first-order valence-corrected chi connectivity index (χ1v) is 45.8. The second kappa shape index (κ2) is 82.6. The van der Waals surface area contributed by atoms with Gasteiger partial charge in [0.05, 0.1) is 26.4 Å². The third kappa shape index (κ3) is 83.9. The molecule has 0 spiro atoms. The molecule has 5 unspecified atom stereocenters. The minimum Gasteiger partial charge on any atom is -0.463 e. The Balaban J connectivity index is 4.59. The van der Waals surface area contributed by atoms with E-state index in [-0.39, 0.29) is 19.3 Å². The molecule has 0 heterocycles. The number of rotatable bonds is 80. The molecule has 0 fully saturated rings. The van der Waals surface area contributed by atoms with Crippen LogP contribution in [-0.4, -0.2) is 95.9 Å². The third-order valence-electron chi connectivity index (χ3n) is 17.7. The molecule has 4 N–H and O–H groups in total. The van der Waals surface area contributed by atoms with E-state index >= 15 is 0 Å². The monoisotopic (exact) mass is 1570 g/mol. The second-order valence-corrected chi connectivity index (χ2v) is 31.2. The quantitative estimate of drug-likeness (QED) is 0.0146. The Morgan fingerprint density at radius 3 is 0.780 bits per heavy atom. The van der Waals surface area contributed by atoms with Gasteiger partial charge >= 0.3 is 33.6 Å². The summed E-state index contributed by atoms with van der Waals surface area (Å²) >= 11 is 0. The van der Waals surface area contributed by atoms with Crippen molar-refractivity contribution in [2.24, 2.45) is 0 Å². The van der Waals surface area contributed by atoms with Crippen LogP contribution in [0.2, 0.25) is 0 Å². The molecule has 0 aliphatic carbocycles. The van der Waals surface area contributed by atoms with E-state index in [1.54, 1.807) is 0 Å². The number of hydrogen-bond acceptors (Lipinski definition) is 14.